The normalized spacial score (nSPS) is 17.8. The zero-order valence-corrected chi connectivity index (χ0v) is 18.6. The SMILES string of the molecule is O=C(NCCc1ccccn1)C1CC(c2ccccc2)CN(C(=O)Nc2ccc(F)cc2F)C1. The van der Waals surface area contributed by atoms with E-state index in [1.807, 2.05) is 48.5 Å². The molecule has 1 aliphatic rings. The van der Waals surface area contributed by atoms with E-state index in [4.69, 9.17) is 0 Å². The molecular formula is C26H26F2N4O2. The van der Waals surface area contributed by atoms with Crippen molar-refractivity contribution in [3.63, 3.8) is 0 Å². The van der Waals surface area contributed by atoms with Gasteiger partial charge in [-0.15, -0.1) is 0 Å². The lowest BCUT2D eigenvalue weighted by Gasteiger charge is -2.37. The number of anilines is 1. The molecule has 3 amide bonds. The van der Waals surface area contributed by atoms with Crippen LogP contribution in [0.15, 0.2) is 72.9 Å². The van der Waals surface area contributed by atoms with Crippen LogP contribution in [0, 0.1) is 17.6 Å². The first-order chi connectivity index (χ1) is 16.5. The Morgan fingerprint density at radius 2 is 1.79 bits per heavy atom. The van der Waals surface area contributed by atoms with Crippen molar-refractivity contribution < 1.29 is 18.4 Å². The molecule has 8 heteroatoms. The molecule has 2 N–H and O–H groups in total. The third-order valence-electron chi connectivity index (χ3n) is 5.96. The predicted molar refractivity (Wildman–Crippen MR) is 125 cm³/mol. The van der Waals surface area contributed by atoms with Crippen LogP contribution in [-0.4, -0.2) is 41.5 Å². The second-order valence-corrected chi connectivity index (χ2v) is 8.36. The van der Waals surface area contributed by atoms with Crippen LogP contribution in [0.1, 0.15) is 23.6 Å². The third kappa shape index (κ3) is 5.95. The summed E-state index contributed by atoms with van der Waals surface area (Å²) in [4.78, 5) is 31.7. The van der Waals surface area contributed by atoms with Gasteiger partial charge in [-0.3, -0.25) is 9.78 Å². The maximum Gasteiger partial charge on any atom is 0.321 e. The number of likely N-dealkylation sites (tertiary alicyclic amines) is 1. The van der Waals surface area contributed by atoms with Gasteiger partial charge in [0.15, 0.2) is 0 Å². The Bertz CT molecular complexity index is 1130. The van der Waals surface area contributed by atoms with Crippen LogP contribution in [0.25, 0.3) is 0 Å². The Kier molecular flexibility index (Phi) is 7.47. The molecule has 0 saturated carbocycles. The lowest BCUT2D eigenvalue weighted by Crippen LogP contribution is -2.49. The topological polar surface area (TPSA) is 74.3 Å². The van der Waals surface area contributed by atoms with Crippen LogP contribution in [0.2, 0.25) is 0 Å². The Balaban J connectivity index is 1.45. The van der Waals surface area contributed by atoms with Crippen LogP contribution in [0.4, 0.5) is 19.3 Å². The Labute approximate surface area is 197 Å². The molecule has 2 unspecified atom stereocenters. The Morgan fingerprint density at radius 3 is 2.53 bits per heavy atom. The second kappa shape index (κ2) is 10.9. The van der Waals surface area contributed by atoms with E-state index in [0.29, 0.717) is 25.9 Å². The highest BCUT2D eigenvalue weighted by Crippen LogP contribution is 2.31. The van der Waals surface area contributed by atoms with E-state index < -0.39 is 23.6 Å². The fourth-order valence-electron chi connectivity index (χ4n) is 4.21. The van der Waals surface area contributed by atoms with Crippen LogP contribution < -0.4 is 10.6 Å². The number of carbonyl (C=O) groups excluding carboxylic acids is 2. The van der Waals surface area contributed by atoms with Crippen LogP contribution in [0.5, 0.6) is 0 Å². The Morgan fingerprint density at radius 1 is 1.00 bits per heavy atom. The zero-order chi connectivity index (χ0) is 23.9. The Hall–Kier alpha value is -3.81. The smallest absolute Gasteiger partial charge is 0.321 e. The first kappa shape index (κ1) is 23.4. The van der Waals surface area contributed by atoms with Crippen LogP contribution >= 0.6 is 0 Å². The van der Waals surface area contributed by atoms with Gasteiger partial charge in [0.25, 0.3) is 0 Å². The number of hydrogen-bond acceptors (Lipinski definition) is 3. The zero-order valence-electron chi connectivity index (χ0n) is 18.6. The fourth-order valence-corrected chi connectivity index (χ4v) is 4.21. The van der Waals surface area contributed by atoms with E-state index in [1.165, 1.54) is 11.0 Å². The maximum absolute atomic E-state index is 14.1. The van der Waals surface area contributed by atoms with Gasteiger partial charge >= 0.3 is 6.03 Å². The summed E-state index contributed by atoms with van der Waals surface area (Å²) in [5.41, 5.74) is 1.81. The van der Waals surface area contributed by atoms with Gasteiger partial charge in [-0.05, 0) is 36.2 Å². The first-order valence-electron chi connectivity index (χ1n) is 11.2. The molecule has 2 aromatic carbocycles. The predicted octanol–water partition coefficient (Wildman–Crippen LogP) is 4.36. The molecule has 2 heterocycles. The molecule has 1 saturated heterocycles. The van der Waals surface area contributed by atoms with Crippen molar-refractivity contribution in [2.45, 2.75) is 18.8 Å². The van der Waals surface area contributed by atoms with E-state index in [0.717, 1.165) is 23.4 Å². The van der Waals surface area contributed by atoms with Crippen molar-refractivity contribution in [3.05, 3.63) is 95.8 Å². The van der Waals surface area contributed by atoms with Gasteiger partial charge in [0, 0.05) is 49.9 Å². The minimum Gasteiger partial charge on any atom is -0.355 e. The molecule has 1 aliphatic heterocycles. The number of carbonyl (C=O) groups is 2. The quantitative estimate of drug-likeness (QED) is 0.570. The van der Waals surface area contributed by atoms with E-state index in [-0.39, 0.29) is 24.1 Å². The summed E-state index contributed by atoms with van der Waals surface area (Å²) in [5.74, 6) is -2.19. The average molecular weight is 465 g/mol. The van der Waals surface area contributed by atoms with Gasteiger partial charge in [0.1, 0.15) is 11.6 Å². The molecule has 0 radical (unpaired) electrons. The number of urea groups is 1. The fraction of sp³-hybridized carbons (Fsp3) is 0.269. The molecule has 1 fully saturated rings. The standard InChI is InChI=1S/C26H26F2N4O2/c27-21-9-10-24(23(28)15-21)31-26(34)32-16-19(18-6-2-1-3-7-18)14-20(17-32)25(33)30-13-11-22-8-4-5-12-29-22/h1-10,12,15,19-20H,11,13-14,16-17H2,(H,30,33)(H,31,34). The second-order valence-electron chi connectivity index (χ2n) is 8.36. The molecule has 4 rings (SSSR count). The summed E-state index contributed by atoms with van der Waals surface area (Å²) in [7, 11) is 0. The molecule has 2 atom stereocenters. The van der Waals surface area contributed by atoms with Crippen molar-refractivity contribution in [1.82, 2.24) is 15.2 Å². The lowest BCUT2D eigenvalue weighted by atomic mass is 9.84. The highest BCUT2D eigenvalue weighted by Gasteiger charge is 2.34. The van der Waals surface area contributed by atoms with Crippen LogP contribution in [0.3, 0.4) is 0 Å². The van der Waals surface area contributed by atoms with Gasteiger partial charge in [-0.2, -0.15) is 0 Å². The summed E-state index contributed by atoms with van der Waals surface area (Å²) in [6, 6.07) is 17.8. The van der Waals surface area contributed by atoms with Gasteiger partial charge in [-0.25, -0.2) is 13.6 Å². The minimum absolute atomic E-state index is 0.0506. The number of benzene rings is 2. The van der Waals surface area contributed by atoms with Gasteiger partial charge in [-0.1, -0.05) is 36.4 Å². The molecule has 34 heavy (non-hydrogen) atoms. The summed E-state index contributed by atoms with van der Waals surface area (Å²) < 4.78 is 27.3. The van der Waals surface area contributed by atoms with Crippen LogP contribution in [-0.2, 0) is 11.2 Å². The molecule has 0 spiro atoms. The molecule has 3 aromatic rings. The number of rotatable bonds is 6. The molecule has 0 bridgehead atoms. The molecule has 1 aromatic heterocycles. The number of nitrogens with one attached hydrogen (secondary N) is 2. The number of amides is 3. The average Bonchev–Trinajstić information content (AvgIpc) is 2.86. The van der Waals surface area contributed by atoms with Gasteiger partial charge in [0.2, 0.25) is 5.91 Å². The van der Waals surface area contributed by atoms with Gasteiger partial charge < -0.3 is 15.5 Å². The van der Waals surface area contributed by atoms with E-state index in [2.05, 4.69) is 15.6 Å². The first-order valence-corrected chi connectivity index (χ1v) is 11.2. The molecular weight excluding hydrogens is 438 g/mol. The van der Waals surface area contributed by atoms with E-state index in [9.17, 15) is 18.4 Å². The number of piperidine rings is 1. The van der Waals surface area contributed by atoms with E-state index in [1.54, 1.807) is 6.20 Å². The number of nitrogens with zero attached hydrogens (tertiary/aromatic N) is 2. The van der Waals surface area contributed by atoms with Crippen molar-refractivity contribution in [1.29, 1.82) is 0 Å². The minimum atomic E-state index is -0.853. The van der Waals surface area contributed by atoms with E-state index >= 15 is 0 Å². The number of halogens is 2. The number of pyridine rings is 1. The highest BCUT2D eigenvalue weighted by atomic mass is 19.1. The summed E-state index contributed by atoms with van der Waals surface area (Å²) in [6.45, 7) is 1.03. The van der Waals surface area contributed by atoms with Crippen molar-refractivity contribution in [3.8, 4) is 0 Å². The van der Waals surface area contributed by atoms with Crippen molar-refractivity contribution in [2.75, 3.05) is 25.0 Å². The largest absolute Gasteiger partial charge is 0.355 e. The lowest BCUT2D eigenvalue weighted by molar-refractivity contribution is -0.126. The summed E-state index contributed by atoms with van der Waals surface area (Å²) in [5, 5.41) is 5.47. The third-order valence-corrected chi connectivity index (χ3v) is 5.96. The number of aromatic nitrogens is 1. The number of hydrogen-bond donors (Lipinski definition) is 2. The van der Waals surface area contributed by atoms with Crippen molar-refractivity contribution in [2.24, 2.45) is 5.92 Å². The van der Waals surface area contributed by atoms with Crippen molar-refractivity contribution >= 4 is 17.6 Å². The molecule has 6 nitrogen and oxygen atoms in total. The molecule has 0 aliphatic carbocycles. The summed E-state index contributed by atoms with van der Waals surface area (Å²) >= 11 is 0. The molecule has 176 valence electrons. The maximum atomic E-state index is 14.1. The monoisotopic (exact) mass is 464 g/mol. The summed E-state index contributed by atoms with van der Waals surface area (Å²) in [6.07, 6.45) is 2.91. The van der Waals surface area contributed by atoms with Gasteiger partial charge in [0.05, 0.1) is 11.6 Å². The highest BCUT2D eigenvalue weighted by molar-refractivity contribution is 5.90.